The number of nitrogens with one attached hydrogen (secondary N) is 2. The molecule has 0 radical (unpaired) electrons. The quantitative estimate of drug-likeness (QED) is 0.802. The van der Waals surface area contributed by atoms with Crippen LogP contribution in [-0.4, -0.2) is 43.0 Å². The van der Waals surface area contributed by atoms with Crippen LogP contribution in [0.3, 0.4) is 0 Å². The molecule has 1 aliphatic heterocycles. The van der Waals surface area contributed by atoms with E-state index in [1.807, 2.05) is 12.1 Å². The number of rotatable bonds is 7. The summed E-state index contributed by atoms with van der Waals surface area (Å²) in [7, 11) is 0. The largest absolute Gasteiger partial charge is 0.467 e. The molecule has 1 aromatic rings. The first-order valence-electron chi connectivity index (χ1n) is 7.88. The molecule has 1 aliphatic rings. The summed E-state index contributed by atoms with van der Waals surface area (Å²) in [5, 5.41) is 6.40. The van der Waals surface area contributed by atoms with Crippen LogP contribution in [-0.2, 0) is 11.3 Å². The van der Waals surface area contributed by atoms with Crippen molar-refractivity contribution in [3.05, 3.63) is 24.2 Å². The Balaban J connectivity index is 1.67. The Labute approximate surface area is 127 Å². The van der Waals surface area contributed by atoms with E-state index in [0.717, 1.165) is 25.4 Å². The minimum absolute atomic E-state index is 0.0730. The molecule has 0 spiro atoms. The molecule has 5 heteroatoms. The second-order valence-corrected chi connectivity index (χ2v) is 6.16. The third-order valence-electron chi connectivity index (χ3n) is 3.82. The lowest BCUT2D eigenvalue weighted by Crippen LogP contribution is -2.45. The lowest BCUT2D eigenvalue weighted by molar-refractivity contribution is -0.122. The van der Waals surface area contributed by atoms with E-state index in [2.05, 4.69) is 29.4 Å². The Kier molecular flexibility index (Phi) is 6.26. The van der Waals surface area contributed by atoms with E-state index in [1.165, 1.54) is 12.8 Å². The highest BCUT2D eigenvalue weighted by atomic mass is 16.3. The van der Waals surface area contributed by atoms with Crippen molar-refractivity contribution in [3.8, 4) is 0 Å². The van der Waals surface area contributed by atoms with E-state index in [4.69, 9.17) is 4.42 Å². The molecular formula is C16H27N3O2. The average Bonchev–Trinajstić information content (AvgIpc) is 2.97. The van der Waals surface area contributed by atoms with Crippen LogP contribution in [0.2, 0.25) is 0 Å². The van der Waals surface area contributed by atoms with Gasteiger partial charge in [-0.3, -0.25) is 9.69 Å². The lowest BCUT2D eigenvalue weighted by Gasteiger charge is -2.32. The molecule has 0 saturated carbocycles. The Morgan fingerprint density at radius 3 is 3.10 bits per heavy atom. The Bertz CT molecular complexity index is 417. The van der Waals surface area contributed by atoms with Gasteiger partial charge in [0, 0.05) is 12.6 Å². The molecule has 1 fully saturated rings. The number of hydrogen-bond donors (Lipinski definition) is 2. The van der Waals surface area contributed by atoms with Crippen LogP contribution in [0.4, 0.5) is 0 Å². The standard InChI is InChI=1S/C16H27N3O2/c1-13(2)17-9-14-5-3-7-19(11-14)12-16(20)18-10-15-6-4-8-21-15/h4,6,8,13-14,17H,3,5,7,9-12H2,1-2H3,(H,18,20). The number of furan rings is 1. The first-order chi connectivity index (χ1) is 10.1. The van der Waals surface area contributed by atoms with Crippen molar-refractivity contribution in [2.45, 2.75) is 39.3 Å². The van der Waals surface area contributed by atoms with E-state index >= 15 is 0 Å². The minimum Gasteiger partial charge on any atom is -0.467 e. The zero-order valence-corrected chi connectivity index (χ0v) is 13.1. The monoisotopic (exact) mass is 293 g/mol. The molecule has 2 rings (SSSR count). The summed E-state index contributed by atoms with van der Waals surface area (Å²) in [6.45, 7) is 8.37. The third kappa shape index (κ3) is 5.89. The van der Waals surface area contributed by atoms with Crippen molar-refractivity contribution in [2.75, 3.05) is 26.2 Å². The third-order valence-corrected chi connectivity index (χ3v) is 3.82. The van der Waals surface area contributed by atoms with Crippen LogP contribution in [0.25, 0.3) is 0 Å². The van der Waals surface area contributed by atoms with Gasteiger partial charge in [-0.2, -0.15) is 0 Å². The normalized spacial score (nSPS) is 19.9. The number of piperidine rings is 1. The van der Waals surface area contributed by atoms with Gasteiger partial charge in [-0.25, -0.2) is 0 Å². The first-order valence-corrected chi connectivity index (χ1v) is 7.88. The highest BCUT2D eigenvalue weighted by Crippen LogP contribution is 2.15. The molecule has 0 aromatic carbocycles. The van der Waals surface area contributed by atoms with Crippen LogP contribution in [0, 0.1) is 5.92 Å². The SMILES string of the molecule is CC(C)NCC1CCCN(CC(=O)NCc2ccco2)C1. The fourth-order valence-corrected chi connectivity index (χ4v) is 2.72. The molecule has 1 saturated heterocycles. The van der Waals surface area contributed by atoms with Gasteiger partial charge >= 0.3 is 0 Å². The molecule has 1 amide bonds. The zero-order valence-electron chi connectivity index (χ0n) is 13.1. The smallest absolute Gasteiger partial charge is 0.234 e. The molecule has 0 bridgehead atoms. The summed E-state index contributed by atoms with van der Waals surface area (Å²) in [6, 6.07) is 4.23. The van der Waals surface area contributed by atoms with Crippen molar-refractivity contribution >= 4 is 5.91 Å². The van der Waals surface area contributed by atoms with Gasteiger partial charge in [-0.1, -0.05) is 13.8 Å². The average molecular weight is 293 g/mol. The van der Waals surface area contributed by atoms with Gasteiger partial charge < -0.3 is 15.1 Å². The molecule has 21 heavy (non-hydrogen) atoms. The van der Waals surface area contributed by atoms with Crippen molar-refractivity contribution in [1.82, 2.24) is 15.5 Å². The van der Waals surface area contributed by atoms with E-state index in [0.29, 0.717) is 25.0 Å². The maximum Gasteiger partial charge on any atom is 0.234 e. The van der Waals surface area contributed by atoms with Gasteiger partial charge in [0.25, 0.3) is 0 Å². The van der Waals surface area contributed by atoms with Crippen molar-refractivity contribution in [3.63, 3.8) is 0 Å². The van der Waals surface area contributed by atoms with E-state index < -0.39 is 0 Å². The number of carbonyl (C=O) groups excluding carboxylic acids is 1. The molecule has 2 N–H and O–H groups in total. The van der Waals surface area contributed by atoms with Crippen molar-refractivity contribution in [2.24, 2.45) is 5.92 Å². The Morgan fingerprint density at radius 1 is 1.52 bits per heavy atom. The fraction of sp³-hybridized carbons (Fsp3) is 0.688. The zero-order chi connectivity index (χ0) is 15.1. The highest BCUT2D eigenvalue weighted by Gasteiger charge is 2.21. The lowest BCUT2D eigenvalue weighted by atomic mass is 9.98. The molecule has 0 aliphatic carbocycles. The number of nitrogens with zero attached hydrogens (tertiary/aromatic N) is 1. The Hall–Kier alpha value is -1.33. The van der Waals surface area contributed by atoms with Gasteiger partial charge in [-0.15, -0.1) is 0 Å². The second kappa shape index (κ2) is 8.20. The number of hydrogen-bond acceptors (Lipinski definition) is 4. The van der Waals surface area contributed by atoms with Gasteiger partial charge in [-0.05, 0) is 44.0 Å². The second-order valence-electron chi connectivity index (χ2n) is 6.16. The van der Waals surface area contributed by atoms with Gasteiger partial charge in [0.1, 0.15) is 5.76 Å². The maximum atomic E-state index is 12.0. The first kappa shape index (κ1) is 16.0. The van der Waals surface area contributed by atoms with Crippen LogP contribution >= 0.6 is 0 Å². The van der Waals surface area contributed by atoms with Gasteiger partial charge in [0.2, 0.25) is 5.91 Å². The molecule has 1 aromatic heterocycles. The van der Waals surface area contributed by atoms with Crippen molar-refractivity contribution < 1.29 is 9.21 Å². The predicted molar refractivity (Wildman–Crippen MR) is 82.9 cm³/mol. The van der Waals surface area contributed by atoms with E-state index in [9.17, 15) is 4.79 Å². The van der Waals surface area contributed by atoms with E-state index in [1.54, 1.807) is 6.26 Å². The predicted octanol–water partition coefficient (Wildman–Crippen LogP) is 1.61. The fourth-order valence-electron chi connectivity index (χ4n) is 2.72. The van der Waals surface area contributed by atoms with Crippen LogP contribution in [0.5, 0.6) is 0 Å². The van der Waals surface area contributed by atoms with Gasteiger partial charge in [0.15, 0.2) is 0 Å². The van der Waals surface area contributed by atoms with Crippen LogP contribution in [0.1, 0.15) is 32.4 Å². The molecular weight excluding hydrogens is 266 g/mol. The van der Waals surface area contributed by atoms with Crippen molar-refractivity contribution in [1.29, 1.82) is 0 Å². The minimum atomic E-state index is 0.0730. The summed E-state index contributed by atoms with van der Waals surface area (Å²) in [6.07, 6.45) is 4.05. The van der Waals surface area contributed by atoms with Crippen LogP contribution in [0.15, 0.2) is 22.8 Å². The topological polar surface area (TPSA) is 57.5 Å². The molecule has 1 atom stereocenters. The van der Waals surface area contributed by atoms with Crippen LogP contribution < -0.4 is 10.6 Å². The van der Waals surface area contributed by atoms with E-state index in [-0.39, 0.29) is 5.91 Å². The summed E-state index contributed by atoms with van der Waals surface area (Å²) < 4.78 is 5.21. The summed E-state index contributed by atoms with van der Waals surface area (Å²) >= 11 is 0. The Morgan fingerprint density at radius 2 is 2.38 bits per heavy atom. The summed E-state index contributed by atoms with van der Waals surface area (Å²) in [5.74, 6) is 1.52. The highest BCUT2D eigenvalue weighted by molar-refractivity contribution is 5.77. The molecule has 118 valence electrons. The number of likely N-dealkylation sites (tertiary alicyclic amines) is 1. The number of amides is 1. The summed E-state index contributed by atoms with van der Waals surface area (Å²) in [5.41, 5.74) is 0. The number of carbonyl (C=O) groups is 1. The summed E-state index contributed by atoms with van der Waals surface area (Å²) in [4.78, 5) is 14.2. The molecule has 5 nitrogen and oxygen atoms in total. The maximum absolute atomic E-state index is 12.0. The molecule has 1 unspecified atom stereocenters. The van der Waals surface area contributed by atoms with Gasteiger partial charge in [0.05, 0.1) is 19.4 Å². The molecule has 2 heterocycles.